The third-order valence-corrected chi connectivity index (χ3v) is 6.25. The molecule has 0 radical (unpaired) electrons. The van der Waals surface area contributed by atoms with Gasteiger partial charge in [-0.15, -0.1) is 0 Å². The number of carbonyl (C=O) groups is 2. The molecule has 0 spiro atoms. The summed E-state index contributed by atoms with van der Waals surface area (Å²) in [6.45, 7) is 0.159. The van der Waals surface area contributed by atoms with E-state index in [0.29, 0.717) is 0 Å². The lowest BCUT2D eigenvalue weighted by atomic mass is 10.3. The number of sulfonamides is 1. The minimum Gasteiger partial charge on any atom is -0.452 e. The van der Waals surface area contributed by atoms with Gasteiger partial charge in [0.1, 0.15) is 5.56 Å². The molecule has 0 bridgehead atoms. The Kier molecular flexibility index (Phi) is 5.90. The summed E-state index contributed by atoms with van der Waals surface area (Å²) in [5.41, 5.74) is -0.784. The number of H-pyrrole nitrogens is 1. The molecule has 1 aromatic carbocycles. The number of amides is 1. The fourth-order valence-corrected chi connectivity index (χ4v) is 4.24. The minimum atomic E-state index is -3.61. The first-order valence-electron chi connectivity index (χ1n) is 8.57. The van der Waals surface area contributed by atoms with Gasteiger partial charge in [0.15, 0.2) is 6.61 Å². The van der Waals surface area contributed by atoms with Crippen molar-refractivity contribution in [1.82, 2.24) is 14.2 Å². The van der Waals surface area contributed by atoms with E-state index in [0.717, 1.165) is 0 Å². The molecule has 0 aliphatic carbocycles. The lowest BCUT2D eigenvalue weighted by Crippen LogP contribution is -2.51. The lowest BCUT2D eigenvalue weighted by Gasteiger charge is -2.33. The van der Waals surface area contributed by atoms with Crippen LogP contribution in [0.25, 0.3) is 0 Å². The normalized spacial score (nSPS) is 15.2. The number of hydrogen-bond donors (Lipinski definition) is 1. The molecule has 1 aliphatic rings. The van der Waals surface area contributed by atoms with Gasteiger partial charge in [0.25, 0.3) is 11.5 Å². The maximum Gasteiger partial charge on any atom is 0.344 e. The molecule has 2 heterocycles. The Morgan fingerprint density at radius 3 is 2.32 bits per heavy atom. The zero-order valence-electron chi connectivity index (χ0n) is 14.9. The number of aromatic nitrogens is 1. The van der Waals surface area contributed by atoms with E-state index in [1.165, 1.54) is 39.7 Å². The smallest absolute Gasteiger partial charge is 0.344 e. The van der Waals surface area contributed by atoms with Gasteiger partial charge in [-0.1, -0.05) is 18.2 Å². The Bertz CT molecular complexity index is 1010. The largest absolute Gasteiger partial charge is 0.452 e. The molecule has 148 valence electrons. The molecule has 10 heteroatoms. The maximum absolute atomic E-state index is 12.6. The van der Waals surface area contributed by atoms with Crippen LogP contribution < -0.4 is 5.56 Å². The number of hydrogen-bond acceptors (Lipinski definition) is 6. The summed E-state index contributed by atoms with van der Waals surface area (Å²) >= 11 is 0. The van der Waals surface area contributed by atoms with Crippen molar-refractivity contribution in [2.45, 2.75) is 4.90 Å². The summed E-state index contributed by atoms with van der Waals surface area (Å²) in [5.74, 6) is -1.34. The second-order valence-electron chi connectivity index (χ2n) is 6.09. The molecular formula is C18H19N3O6S. The number of benzene rings is 1. The van der Waals surface area contributed by atoms with Crippen molar-refractivity contribution in [3.05, 3.63) is 64.6 Å². The molecule has 1 saturated heterocycles. The van der Waals surface area contributed by atoms with E-state index >= 15 is 0 Å². The zero-order chi connectivity index (χ0) is 20.1. The molecular weight excluding hydrogens is 386 g/mol. The fraction of sp³-hybridized carbons (Fsp3) is 0.278. The van der Waals surface area contributed by atoms with E-state index in [9.17, 15) is 22.8 Å². The van der Waals surface area contributed by atoms with Crippen LogP contribution in [-0.4, -0.2) is 67.3 Å². The zero-order valence-corrected chi connectivity index (χ0v) is 15.7. The Morgan fingerprint density at radius 1 is 1.00 bits per heavy atom. The van der Waals surface area contributed by atoms with Crippen LogP contribution in [0.5, 0.6) is 0 Å². The van der Waals surface area contributed by atoms with Crippen molar-refractivity contribution in [3.63, 3.8) is 0 Å². The molecule has 1 fully saturated rings. The second kappa shape index (κ2) is 8.36. The summed E-state index contributed by atoms with van der Waals surface area (Å²) in [5, 5.41) is 0. The minimum absolute atomic E-state index is 0.148. The number of rotatable bonds is 5. The van der Waals surface area contributed by atoms with E-state index in [1.54, 1.807) is 18.2 Å². The number of carbonyl (C=O) groups excluding carboxylic acids is 2. The summed E-state index contributed by atoms with van der Waals surface area (Å²) in [6, 6.07) is 10.9. The fourth-order valence-electron chi connectivity index (χ4n) is 2.80. The molecule has 1 aliphatic heterocycles. The predicted molar refractivity (Wildman–Crippen MR) is 99.1 cm³/mol. The van der Waals surface area contributed by atoms with Gasteiger partial charge in [0, 0.05) is 32.4 Å². The number of nitrogens with zero attached hydrogens (tertiary/aromatic N) is 2. The van der Waals surface area contributed by atoms with E-state index in [-0.39, 0.29) is 36.6 Å². The van der Waals surface area contributed by atoms with Gasteiger partial charge in [-0.05, 0) is 24.3 Å². The number of pyridine rings is 1. The van der Waals surface area contributed by atoms with Gasteiger partial charge in [-0.25, -0.2) is 13.2 Å². The number of esters is 1. The lowest BCUT2D eigenvalue weighted by molar-refractivity contribution is -0.135. The average molecular weight is 405 g/mol. The Labute approximate surface area is 161 Å². The van der Waals surface area contributed by atoms with Crippen molar-refractivity contribution < 1.29 is 22.7 Å². The van der Waals surface area contributed by atoms with Gasteiger partial charge in [-0.2, -0.15) is 4.31 Å². The second-order valence-corrected chi connectivity index (χ2v) is 8.02. The van der Waals surface area contributed by atoms with Gasteiger partial charge in [-0.3, -0.25) is 9.59 Å². The van der Waals surface area contributed by atoms with Gasteiger partial charge < -0.3 is 14.6 Å². The van der Waals surface area contributed by atoms with E-state index in [4.69, 9.17) is 4.74 Å². The molecule has 0 saturated carbocycles. The maximum atomic E-state index is 12.6. The summed E-state index contributed by atoms with van der Waals surface area (Å²) in [7, 11) is -3.61. The molecule has 0 unspecified atom stereocenters. The number of nitrogens with one attached hydrogen (secondary N) is 1. The van der Waals surface area contributed by atoms with Crippen LogP contribution in [0, 0.1) is 0 Å². The molecule has 9 nitrogen and oxygen atoms in total. The van der Waals surface area contributed by atoms with Gasteiger partial charge >= 0.3 is 5.97 Å². The average Bonchev–Trinajstić information content (AvgIpc) is 2.73. The van der Waals surface area contributed by atoms with Crippen molar-refractivity contribution >= 4 is 21.9 Å². The Balaban J connectivity index is 1.53. The molecule has 2 aromatic rings. The highest BCUT2D eigenvalue weighted by Crippen LogP contribution is 2.17. The third-order valence-electron chi connectivity index (χ3n) is 4.34. The SMILES string of the molecule is O=C(OCC(=O)N1CCN(S(=O)(=O)c2ccccc2)CC1)c1ccc[nH]c1=O. The van der Waals surface area contributed by atoms with Crippen LogP contribution >= 0.6 is 0 Å². The van der Waals surface area contributed by atoms with E-state index in [2.05, 4.69) is 4.98 Å². The van der Waals surface area contributed by atoms with Crippen LogP contribution in [0.15, 0.2) is 58.4 Å². The molecule has 1 N–H and O–H groups in total. The first-order chi connectivity index (χ1) is 13.4. The monoisotopic (exact) mass is 405 g/mol. The quantitative estimate of drug-likeness (QED) is 0.704. The first-order valence-corrected chi connectivity index (χ1v) is 10.0. The molecule has 1 amide bonds. The Morgan fingerprint density at radius 2 is 1.68 bits per heavy atom. The molecule has 3 rings (SSSR count). The topological polar surface area (TPSA) is 117 Å². The van der Waals surface area contributed by atoms with Crippen LogP contribution in [0.2, 0.25) is 0 Å². The highest BCUT2D eigenvalue weighted by Gasteiger charge is 2.30. The highest BCUT2D eigenvalue weighted by atomic mass is 32.2. The van der Waals surface area contributed by atoms with Crippen LogP contribution in [0.3, 0.4) is 0 Å². The van der Waals surface area contributed by atoms with Crippen molar-refractivity contribution in [2.24, 2.45) is 0 Å². The summed E-state index contributed by atoms with van der Waals surface area (Å²) in [6.07, 6.45) is 1.38. The summed E-state index contributed by atoms with van der Waals surface area (Å²) in [4.78, 5) is 39.7. The van der Waals surface area contributed by atoms with Gasteiger partial charge in [0.05, 0.1) is 4.90 Å². The summed E-state index contributed by atoms with van der Waals surface area (Å²) < 4.78 is 31.4. The third kappa shape index (κ3) is 4.29. The highest BCUT2D eigenvalue weighted by molar-refractivity contribution is 7.89. The predicted octanol–water partition coefficient (Wildman–Crippen LogP) is 0.0648. The van der Waals surface area contributed by atoms with Crippen LogP contribution in [0.1, 0.15) is 10.4 Å². The van der Waals surface area contributed by atoms with Crippen LogP contribution in [-0.2, 0) is 19.6 Å². The molecule has 0 atom stereocenters. The Hall–Kier alpha value is -2.98. The first kappa shape index (κ1) is 19.8. The van der Waals surface area contributed by atoms with Gasteiger partial charge in [0.2, 0.25) is 10.0 Å². The number of aromatic amines is 1. The van der Waals surface area contributed by atoms with E-state index < -0.39 is 34.1 Å². The van der Waals surface area contributed by atoms with Crippen molar-refractivity contribution in [2.75, 3.05) is 32.8 Å². The standard InChI is InChI=1S/C18H19N3O6S/c22-16(13-27-18(24)15-7-4-8-19-17(15)23)20-9-11-21(12-10-20)28(25,26)14-5-2-1-3-6-14/h1-8H,9-13H2,(H,19,23). The molecule has 1 aromatic heterocycles. The number of piperazine rings is 1. The van der Waals surface area contributed by atoms with Crippen molar-refractivity contribution in [3.8, 4) is 0 Å². The van der Waals surface area contributed by atoms with Crippen LogP contribution in [0.4, 0.5) is 0 Å². The van der Waals surface area contributed by atoms with E-state index in [1.807, 2.05) is 0 Å². The van der Waals surface area contributed by atoms with Crippen molar-refractivity contribution in [1.29, 1.82) is 0 Å². The number of ether oxygens (including phenoxy) is 1. The molecule has 28 heavy (non-hydrogen) atoms.